The summed E-state index contributed by atoms with van der Waals surface area (Å²) in [7, 11) is 3.39. The zero-order valence-electron chi connectivity index (χ0n) is 20.2. The molecule has 0 atom stereocenters. The van der Waals surface area contributed by atoms with Crippen molar-refractivity contribution in [3.05, 3.63) is 82.2 Å². The number of likely N-dealkylation sites (N-methyl/N-ethyl adjacent to an activating group) is 1. The summed E-state index contributed by atoms with van der Waals surface area (Å²) in [6.07, 6.45) is 3.35. The Kier molecular flexibility index (Phi) is 7.93. The first kappa shape index (κ1) is 24.1. The van der Waals surface area contributed by atoms with E-state index in [2.05, 4.69) is 43.3 Å². The lowest BCUT2D eigenvalue weighted by atomic mass is 10.0. The Morgan fingerprint density at radius 1 is 1.12 bits per heavy atom. The third kappa shape index (κ3) is 6.25. The fourth-order valence-electron chi connectivity index (χ4n) is 3.42. The summed E-state index contributed by atoms with van der Waals surface area (Å²) in [5.41, 5.74) is 4.98. The van der Waals surface area contributed by atoms with Gasteiger partial charge < -0.3 is 18.9 Å². The molecule has 0 unspecified atom stereocenters. The van der Waals surface area contributed by atoms with Crippen molar-refractivity contribution in [1.29, 1.82) is 0 Å². The molecule has 2 aromatic carbocycles. The first-order valence-electron chi connectivity index (χ1n) is 11.0. The maximum absolute atomic E-state index is 12.6. The Labute approximate surface area is 195 Å². The highest BCUT2D eigenvalue weighted by atomic mass is 16.5. The van der Waals surface area contributed by atoms with Gasteiger partial charge in [-0.3, -0.25) is 4.79 Å². The standard InChI is InChI=1S/C27H32N2O4/c1-18(2)23-11-7-22(8-12-23)16-29(5)27(30)14-10-21-9-13-25(26(15-21)31-6)32-17-24-19(3)28-33-20(24)4/h7-15,18H,16-17H2,1-6H3/b14-10+. The van der Waals surface area contributed by atoms with Crippen molar-refractivity contribution >= 4 is 12.0 Å². The smallest absolute Gasteiger partial charge is 0.246 e. The predicted octanol–water partition coefficient (Wildman–Crippen LogP) is 5.67. The van der Waals surface area contributed by atoms with Gasteiger partial charge in [0.15, 0.2) is 11.5 Å². The van der Waals surface area contributed by atoms with Crippen molar-refractivity contribution in [3.63, 3.8) is 0 Å². The minimum absolute atomic E-state index is 0.0689. The molecule has 174 valence electrons. The Hall–Kier alpha value is -3.54. The maximum atomic E-state index is 12.6. The van der Waals surface area contributed by atoms with Crippen molar-refractivity contribution in [3.8, 4) is 11.5 Å². The number of hydrogen-bond acceptors (Lipinski definition) is 5. The van der Waals surface area contributed by atoms with Gasteiger partial charge in [0.2, 0.25) is 5.91 Å². The Bertz CT molecular complexity index is 1090. The highest BCUT2D eigenvalue weighted by Gasteiger charge is 2.12. The Morgan fingerprint density at radius 2 is 1.85 bits per heavy atom. The molecule has 6 heteroatoms. The van der Waals surface area contributed by atoms with Gasteiger partial charge >= 0.3 is 0 Å². The molecule has 1 aromatic heterocycles. The summed E-state index contributed by atoms with van der Waals surface area (Å²) >= 11 is 0. The summed E-state index contributed by atoms with van der Waals surface area (Å²) in [4.78, 5) is 14.3. The van der Waals surface area contributed by atoms with Crippen LogP contribution in [0.15, 0.2) is 53.1 Å². The molecule has 33 heavy (non-hydrogen) atoms. The number of nitrogens with zero attached hydrogens (tertiary/aromatic N) is 2. The van der Waals surface area contributed by atoms with Gasteiger partial charge in [0.05, 0.1) is 18.4 Å². The van der Waals surface area contributed by atoms with Crippen LogP contribution in [0.5, 0.6) is 11.5 Å². The van der Waals surface area contributed by atoms with E-state index in [0.717, 1.165) is 28.1 Å². The van der Waals surface area contributed by atoms with Crippen LogP contribution in [0, 0.1) is 13.8 Å². The van der Waals surface area contributed by atoms with E-state index in [-0.39, 0.29) is 5.91 Å². The van der Waals surface area contributed by atoms with Crippen LogP contribution in [-0.2, 0) is 17.9 Å². The van der Waals surface area contributed by atoms with E-state index in [1.54, 1.807) is 31.2 Å². The van der Waals surface area contributed by atoms with E-state index in [1.807, 2.05) is 32.0 Å². The van der Waals surface area contributed by atoms with Crippen molar-refractivity contribution in [1.82, 2.24) is 10.1 Å². The van der Waals surface area contributed by atoms with Gasteiger partial charge in [0.1, 0.15) is 12.4 Å². The number of benzene rings is 2. The molecule has 0 radical (unpaired) electrons. The molecule has 0 fully saturated rings. The van der Waals surface area contributed by atoms with Crippen LogP contribution in [0.2, 0.25) is 0 Å². The Morgan fingerprint density at radius 3 is 2.45 bits per heavy atom. The van der Waals surface area contributed by atoms with Crippen molar-refractivity contribution in [2.24, 2.45) is 0 Å². The van der Waals surface area contributed by atoms with Gasteiger partial charge in [-0.2, -0.15) is 0 Å². The molecule has 0 aliphatic heterocycles. The SMILES string of the molecule is COc1cc(/C=C/C(=O)N(C)Cc2ccc(C(C)C)cc2)ccc1OCc1c(C)noc1C. The van der Waals surface area contributed by atoms with Crippen LogP contribution in [0.25, 0.3) is 6.08 Å². The highest BCUT2D eigenvalue weighted by Crippen LogP contribution is 2.30. The van der Waals surface area contributed by atoms with Crippen LogP contribution in [0.4, 0.5) is 0 Å². The number of amides is 1. The molecule has 1 amide bonds. The van der Waals surface area contributed by atoms with E-state index < -0.39 is 0 Å². The molecule has 0 aliphatic rings. The predicted molar refractivity (Wildman–Crippen MR) is 129 cm³/mol. The van der Waals surface area contributed by atoms with Gasteiger partial charge in [-0.05, 0) is 54.7 Å². The molecule has 3 rings (SSSR count). The van der Waals surface area contributed by atoms with Crippen LogP contribution < -0.4 is 9.47 Å². The fourth-order valence-corrected chi connectivity index (χ4v) is 3.42. The maximum Gasteiger partial charge on any atom is 0.246 e. The van der Waals surface area contributed by atoms with Crippen LogP contribution in [0.3, 0.4) is 0 Å². The second-order valence-corrected chi connectivity index (χ2v) is 8.43. The summed E-state index contributed by atoms with van der Waals surface area (Å²) in [5, 5.41) is 3.95. The topological polar surface area (TPSA) is 64.8 Å². The summed E-state index contributed by atoms with van der Waals surface area (Å²) in [6.45, 7) is 8.98. The summed E-state index contributed by atoms with van der Waals surface area (Å²) in [6, 6.07) is 14.0. The van der Waals surface area contributed by atoms with Gasteiger partial charge in [-0.1, -0.05) is 49.3 Å². The number of methoxy groups -OCH3 is 1. The number of carbonyl (C=O) groups excluding carboxylic acids is 1. The molecule has 0 saturated carbocycles. The lowest BCUT2D eigenvalue weighted by molar-refractivity contribution is -0.125. The second-order valence-electron chi connectivity index (χ2n) is 8.43. The molecule has 0 aliphatic carbocycles. The number of ether oxygens (including phenoxy) is 2. The molecule has 0 N–H and O–H groups in total. The molecule has 0 spiro atoms. The summed E-state index contributed by atoms with van der Waals surface area (Å²) < 4.78 is 16.6. The minimum Gasteiger partial charge on any atom is -0.493 e. The molecule has 0 saturated heterocycles. The highest BCUT2D eigenvalue weighted by molar-refractivity contribution is 5.91. The van der Waals surface area contributed by atoms with E-state index in [4.69, 9.17) is 14.0 Å². The van der Waals surface area contributed by atoms with Crippen LogP contribution in [-0.4, -0.2) is 30.1 Å². The fraction of sp³-hybridized carbons (Fsp3) is 0.333. The van der Waals surface area contributed by atoms with Crippen molar-refractivity contribution < 1.29 is 18.8 Å². The average Bonchev–Trinajstić information content (AvgIpc) is 3.13. The molecule has 0 bridgehead atoms. The number of hydrogen-bond donors (Lipinski definition) is 0. The lowest BCUT2D eigenvalue weighted by Crippen LogP contribution is -2.24. The van der Waals surface area contributed by atoms with Gasteiger partial charge in [-0.15, -0.1) is 0 Å². The second kappa shape index (κ2) is 10.9. The monoisotopic (exact) mass is 448 g/mol. The minimum atomic E-state index is -0.0689. The van der Waals surface area contributed by atoms with Gasteiger partial charge in [0, 0.05) is 19.7 Å². The van der Waals surface area contributed by atoms with Gasteiger partial charge in [0.25, 0.3) is 0 Å². The molecule has 6 nitrogen and oxygen atoms in total. The number of aryl methyl sites for hydroxylation is 2. The molecule has 1 heterocycles. The lowest BCUT2D eigenvalue weighted by Gasteiger charge is -2.16. The number of carbonyl (C=O) groups is 1. The summed E-state index contributed by atoms with van der Waals surface area (Å²) in [5.74, 6) is 2.37. The number of aromatic nitrogens is 1. The quantitative estimate of drug-likeness (QED) is 0.394. The molecule has 3 aromatic rings. The number of rotatable bonds is 9. The third-order valence-corrected chi connectivity index (χ3v) is 5.60. The van der Waals surface area contributed by atoms with Crippen molar-refractivity contribution in [2.45, 2.75) is 46.8 Å². The van der Waals surface area contributed by atoms with E-state index in [0.29, 0.717) is 30.6 Å². The van der Waals surface area contributed by atoms with E-state index in [1.165, 1.54) is 5.56 Å². The van der Waals surface area contributed by atoms with Crippen LogP contribution in [0.1, 0.15) is 53.5 Å². The van der Waals surface area contributed by atoms with E-state index in [9.17, 15) is 4.79 Å². The largest absolute Gasteiger partial charge is 0.493 e. The Balaban J connectivity index is 1.62. The van der Waals surface area contributed by atoms with Gasteiger partial charge in [-0.25, -0.2) is 0 Å². The molecular formula is C27H32N2O4. The molecular weight excluding hydrogens is 416 g/mol. The normalized spacial score (nSPS) is 11.2. The van der Waals surface area contributed by atoms with Crippen molar-refractivity contribution in [2.75, 3.05) is 14.2 Å². The zero-order valence-corrected chi connectivity index (χ0v) is 20.2. The zero-order chi connectivity index (χ0) is 24.0. The van der Waals surface area contributed by atoms with E-state index >= 15 is 0 Å². The third-order valence-electron chi connectivity index (χ3n) is 5.60. The first-order chi connectivity index (χ1) is 15.8. The average molecular weight is 449 g/mol. The van der Waals surface area contributed by atoms with Crippen LogP contribution >= 0.6 is 0 Å². The first-order valence-corrected chi connectivity index (χ1v) is 11.0.